The topological polar surface area (TPSA) is 59.8 Å². The van der Waals surface area contributed by atoms with Crippen LogP contribution in [-0.2, 0) is 7.05 Å². The van der Waals surface area contributed by atoms with Crippen molar-refractivity contribution in [1.82, 2.24) is 20.3 Å². The van der Waals surface area contributed by atoms with Crippen LogP contribution in [0, 0.1) is 0 Å². The van der Waals surface area contributed by atoms with Gasteiger partial charge in [0.05, 0.1) is 6.20 Å². The number of rotatable bonds is 3. The molecule has 72 valence electrons. The molecule has 0 saturated carbocycles. The Bertz CT molecular complexity index is 296. The molecule has 1 amide bonds. The van der Waals surface area contributed by atoms with Crippen molar-refractivity contribution in [1.29, 1.82) is 0 Å². The van der Waals surface area contributed by atoms with Gasteiger partial charge < -0.3 is 5.32 Å². The lowest BCUT2D eigenvalue weighted by atomic mass is 10.4. The number of carbonyl (C=O) groups is 1. The van der Waals surface area contributed by atoms with E-state index < -0.39 is 0 Å². The molecule has 1 atom stereocenters. The van der Waals surface area contributed by atoms with E-state index in [1.54, 1.807) is 14.0 Å². The first-order valence-electron chi connectivity index (χ1n) is 3.88. The number of carbonyl (C=O) groups excluding carboxylic acids is 1. The smallest absolute Gasteiger partial charge is 0.273 e. The summed E-state index contributed by atoms with van der Waals surface area (Å²) < 4.78 is 0. The Balaban J connectivity index is 2.49. The monoisotopic (exact) mass is 202 g/mol. The van der Waals surface area contributed by atoms with E-state index >= 15 is 0 Å². The van der Waals surface area contributed by atoms with Crippen LogP contribution in [0.5, 0.6) is 0 Å². The van der Waals surface area contributed by atoms with Gasteiger partial charge in [-0.3, -0.25) is 4.79 Å². The number of hydrogen-bond acceptors (Lipinski definition) is 3. The number of nitrogens with one attached hydrogen (secondary N) is 1. The van der Waals surface area contributed by atoms with E-state index in [0.717, 1.165) is 0 Å². The Morgan fingerprint density at radius 3 is 3.00 bits per heavy atom. The second-order valence-electron chi connectivity index (χ2n) is 2.71. The Hall–Kier alpha value is -1.10. The molecule has 1 rings (SSSR count). The highest BCUT2D eigenvalue weighted by Crippen LogP contribution is 1.93. The second-order valence-corrected chi connectivity index (χ2v) is 3.46. The van der Waals surface area contributed by atoms with E-state index in [9.17, 15) is 4.79 Å². The van der Waals surface area contributed by atoms with E-state index in [1.165, 1.54) is 11.0 Å². The summed E-state index contributed by atoms with van der Waals surface area (Å²) in [5.74, 6) is -0.249. The van der Waals surface area contributed by atoms with Crippen molar-refractivity contribution >= 4 is 17.5 Å². The van der Waals surface area contributed by atoms with Gasteiger partial charge in [0.1, 0.15) is 0 Å². The van der Waals surface area contributed by atoms with Gasteiger partial charge in [-0.25, -0.2) is 0 Å². The van der Waals surface area contributed by atoms with E-state index in [2.05, 4.69) is 15.5 Å². The first kappa shape index (κ1) is 9.98. The predicted molar refractivity (Wildman–Crippen MR) is 48.7 cm³/mol. The predicted octanol–water partition coefficient (Wildman–Crippen LogP) is 0.172. The highest BCUT2D eigenvalue weighted by molar-refractivity contribution is 6.20. The van der Waals surface area contributed by atoms with Crippen LogP contribution >= 0.6 is 11.6 Å². The molecule has 0 spiro atoms. The van der Waals surface area contributed by atoms with Crippen molar-refractivity contribution < 1.29 is 4.79 Å². The highest BCUT2D eigenvalue weighted by Gasteiger charge is 2.09. The maximum absolute atomic E-state index is 11.3. The van der Waals surface area contributed by atoms with E-state index in [-0.39, 0.29) is 11.3 Å². The Kier molecular flexibility index (Phi) is 3.25. The molecule has 1 aromatic rings. The van der Waals surface area contributed by atoms with E-state index in [1.807, 2.05) is 0 Å². The molecule has 1 N–H and O–H groups in total. The number of aryl methyl sites for hydroxylation is 1. The minimum atomic E-state index is -0.249. The van der Waals surface area contributed by atoms with Gasteiger partial charge in [0.25, 0.3) is 5.91 Å². The Morgan fingerprint density at radius 1 is 1.85 bits per heavy atom. The first-order valence-corrected chi connectivity index (χ1v) is 4.32. The third kappa shape index (κ3) is 3.02. The zero-order chi connectivity index (χ0) is 9.84. The largest absolute Gasteiger partial charge is 0.349 e. The van der Waals surface area contributed by atoms with Crippen LogP contribution in [0.1, 0.15) is 17.4 Å². The van der Waals surface area contributed by atoms with Crippen LogP contribution in [0.15, 0.2) is 6.20 Å². The molecule has 13 heavy (non-hydrogen) atoms. The molecule has 0 aromatic carbocycles. The summed E-state index contributed by atoms with van der Waals surface area (Å²) in [5.41, 5.74) is 0.305. The molecular weight excluding hydrogens is 192 g/mol. The third-order valence-electron chi connectivity index (χ3n) is 1.38. The summed E-state index contributed by atoms with van der Waals surface area (Å²) in [6.45, 7) is 2.23. The van der Waals surface area contributed by atoms with Crippen LogP contribution in [0.4, 0.5) is 0 Å². The molecule has 0 aliphatic carbocycles. The van der Waals surface area contributed by atoms with Gasteiger partial charge in [-0.2, -0.15) is 9.90 Å². The van der Waals surface area contributed by atoms with Crippen molar-refractivity contribution in [2.45, 2.75) is 12.3 Å². The maximum atomic E-state index is 11.3. The van der Waals surface area contributed by atoms with Crippen molar-refractivity contribution in [3.8, 4) is 0 Å². The molecule has 0 saturated heterocycles. The fraction of sp³-hybridized carbons (Fsp3) is 0.571. The molecule has 1 unspecified atom stereocenters. The summed E-state index contributed by atoms with van der Waals surface area (Å²) >= 11 is 5.66. The third-order valence-corrected chi connectivity index (χ3v) is 1.53. The van der Waals surface area contributed by atoms with E-state index in [4.69, 9.17) is 11.6 Å². The lowest BCUT2D eigenvalue weighted by Gasteiger charge is -2.02. The van der Waals surface area contributed by atoms with Crippen LogP contribution in [-0.4, -0.2) is 32.8 Å². The van der Waals surface area contributed by atoms with Gasteiger partial charge in [0.2, 0.25) is 0 Å². The molecular formula is C7H11ClN4O. The fourth-order valence-corrected chi connectivity index (χ4v) is 0.851. The Labute approximate surface area is 81.1 Å². The number of alkyl halides is 1. The zero-order valence-electron chi connectivity index (χ0n) is 7.49. The molecule has 1 heterocycles. The zero-order valence-corrected chi connectivity index (χ0v) is 8.25. The van der Waals surface area contributed by atoms with Crippen molar-refractivity contribution in [2.75, 3.05) is 6.54 Å². The molecule has 1 aromatic heterocycles. The number of amides is 1. The average molecular weight is 203 g/mol. The Morgan fingerprint density at radius 2 is 2.54 bits per heavy atom. The van der Waals surface area contributed by atoms with Crippen LogP contribution in [0.3, 0.4) is 0 Å². The number of nitrogens with zero attached hydrogens (tertiary/aromatic N) is 3. The van der Waals surface area contributed by atoms with Crippen LogP contribution < -0.4 is 5.32 Å². The van der Waals surface area contributed by atoms with Gasteiger partial charge in [-0.15, -0.1) is 16.7 Å². The number of halogens is 1. The normalized spacial score (nSPS) is 12.5. The summed E-state index contributed by atoms with van der Waals surface area (Å²) in [6, 6.07) is 0. The fourth-order valence-electron chi connectivity index (χ4n) is 0.774. The molecule has 6 heteroatoms. The van der Waals surface area contributed by atoms with Crippen LogP contribution in [0.25, 0.3) is 0 Å². The van der Waals surface area contributed by atoms with Gasteiger partial charge >= 0.3 is 0 Å². The molecule has 0 fully saturated rings. The molecule has 5 nitrogen and oxygen atoms in total. The SMILES string of the molecule is CC(Cl)CNC(=O)c1cnn(C)n1. The van der Waals surface area contributed by atoms with Gasteiger partial charge in [-0.05, 0) is 6.92 Å². The molecule has 0 aliphatic rings. The van der Waals surface area contributed by atoms with Crippen molar-refractivity contribution in [3.05, 3.63) is 11.9 Å². The lowest BCUT2D eigenvalue weighted by Crippen LogP contribution is -2.28. The summed E-state index contributed by atoms with van der Waals surface area (Å²) in [4.78, 5) is 12.6. The second kappa shape index (κ2) is 4.23. The first-order chi connectivity index (χ1) is 6.09. The van der Waals surface area contributed by atoms with Gasteiger partial charge in [0.15, 0.2) is 5.69 Å². The number of aromatic nitrogens is 3. The summed E-state index contributed by atoms with van der Waals surface area (Å²) in [6.07, 6.45) is 1.41. The minimum Gasteiger partial charge on any atom is -0.349 e. The highest BCUT2D eigenvalue weighted by atomic mass is 35.5. The lowest BCUT2D eigenvalue weighted by molar-refractivity contribution is 0.0948. The number of hydrogen-bond donors (Lipinski definition) is 1. The summed E-state index contributed by atoms with van der Waals surface area (Å²) in [5, 5.41) is 10.2. The quantitative estimate of drug-likeness (QED) is 0.711. The molecule has 0 aliphatic heterocycles. The maximum Gasteiger partial charge on any atom is 0.273 e. The van der Waals surface area contributed by atoms with E-state index in [0.29, 0.717) is 12.2 Å². The van der Waals surface area contributed by atoms with Crippen molar-refractivity contribution in [3.63, 3.8) is 0 Å². The minimum absolute atomic E-state index is 0.0828. The summed E-state index contributed by atoms with van der Waals surface area (Å²) in [7, 11) is 1.65. The van der Waals surface area contributed by atoms with Gasteiger partial charge in [-0.1, -0.05) is 0 Å². The molecule has 0 radical (unpaired) electrons. The van der Waals surface area contributed by atoms with Crippen molar-refractivity contribution in [2.24, 2.45) is 7.05 Å². The van der Waals surface area contributed by atoms with Crippen LogP contribution in [0.2, 0.25) is 0 Å². The standard InChI is InChI=1S/C7H11ClN4O/c1-5(8)3-9-7(13)6-4-10-12(2)11-6/h4-5H,3H2,1-2H3,(H,9,13). The average Bonchev–Trinajstić information content (AvgIpc) is 2.47. The van der Waals surface area contributed by atoms with Gasteiger partial charge in [0, 0.05) is 19.0 Å². The molecule has 0 bridgehead atoms.